The Labute approximate surface area is 109 Å². The van der Waals surface area contributed by atoms with E-state index in [1.165, 1.54) is 0 Å². The summed E-state index contributed by atoms with van der Waals surface area (Å²) in [5, 5.41) is 5.03. The smallest absolute Gasteiger partial charge is 0.181 e. The van der Waals surface area contributed by atoms with Crippen molar-refractivity contribution >= 4 is 29.0 Å². The fraction of sp³-hybridized carbons (Fsp3) is 0.182. The summed E-state index contributed by atoms with van der Waals surface area (Å²) in [4.78, 5) is 0. The van der Waals surface area contributed by atoms with Gasteiger partial charge in [0.15, 0.2) is 6.73 Å². The largest absolute Gasteiger partial charge is 0.471 e. The van der Waals surface area contributed by atoms with Gasteiger partial charge in [0.1, 0.15) is 11.6 Å². The van der Waals surface area contributed by atoms with Crippen molar-refractivity contribution in [1.29, 1.82) is 0 Å². The van der Waals surface area contributed by atoms with Gasteiger partial charge in [0.2, 0.25) is 0 Å². The number of nitrogens with two attached hydrogens (primary N) is 1. The molecule has 0 radical (unpaired) electrons. The van der Waals surface area contributed by atoms with Gasteiger partial charge in [-0.1, -0.05) is 23.2 Å². The van der Waals surface area contributed by atoms with Crippen molar-refractivity contribution in [3.8, 4) is 5.75 Å². The van der Waals surface area contributed by atoms with Crippen LogP contribution in [0.4, 0.5) is 5.82 Å². The fourth-order valence-electron chi connectivity index (χ4n) is 1.37. The molecule has 0 spiro atoms. The van der Waals surface area contributed by atoms with Crippen LogP contribution in [0.15, 0.2) is 24.3 Å². The van der Waals surface area contributed by atoms with E-state index in [1.807, 2.05) is 6.92 Å². The van der Waals surface area contributed by atoms with Gasteiger partial charge in [-0.05, 0) is 19.1 Å². The monoisotopic (exact) mass is 271 g/mol. The van der Waals surface area contributed by atoms with Crippen LogP contribution in [0.2, 0.25) is 10.0 Å². The summed E-state index contributed by atoms with van der Waals surface area (Å²) in [6.45, 7) is 2.18. The van der Waals surface area contributed by atoms with E-state index < -0.39 is 0 Å². The molecule has 0 bridgehead atoms. The highest BCUT2D eigenvalue weighted by atomic mass is 35.5. The lowest BCUT2D eigenvalue weighted by atomic mass is 10.3. The summed E-state index contributed by atoms with van der Waals surface area (Å²) in [7, 11) is 0. The van der Waals surface area contributed by atoms with E-state index in [2.05, 4.69) is 5.10 Å². The Morgan fingerprint density at radius 2 is 2.06 bits per heavy atom. The molecule has 2 rings (SSSR count). The third-order valence-corrected chi connectivity index (χ3v) is 2.98. The molecular formula is C11H11Cl2N3O. The van der Waals surface area contributed by atoms with Crippen LogP contribution in [0.25, 0.3) is 0 Å². The number of anilines is 1. The second-order valence-corrected chi connectivity index (χ2v) is 4.37. The average molecular weight is 272 g/mol. The van der Waals surface area contributed by atoms with Gasteiger partial charge in [-0.2, -0.15) is 5.10 Å². The van der Waals surface area contributed by atoms with Crippen molar-refractivity contribution in [1.82, 2.24) is 9.78 Å². The normalized spacial score (nSPS) is 10.5. The summed E-state index contributed by atoms with van der Waals surface area (Å²) < 4.78 is 7.19. The maximum absolute atomic E-state index is 5.88. The van der Waals surface area contributed by atoms with Gasteiger partial charge in [0.05, 0.1) is 10.0 Å². The van der Waals surface area contributed by atoms with Gasteiger partial charge in [-0.15, -0.1) is 0 Å². The predicted octanol–water partition coefficient (Wildman–Crippen LogP) is 3.12. The van der Waals surface area contributed by atoms with Crippen LogP contribution in [0.3, 0.4) is 0 Å². The number of benzene rings is 1. The first-order valence-corrected chi connectivity index (χ1v) is 5.69. The van der Waals surface area contributed by atoms with Gasteiger partial charge < -0.3 is 10.5 Å². The quantitative estimate of drug-likeness (QED) is 0.933. The van der Waals surface area contributed by atoms with E-state index in [-0.39, 0.29) is 6.73 Å². The molecule has 0 atom stereocenters. The number of rotatable bonds is 3. The highest BCUT2D eigenvalue weighted by Gasteiger charge is 2.03. The molecule has 1 aromatic carbocycles. The number of ether oxygens (including phenoxy) is 1. The number of hydrogen-bond acceptors (Lipinski definition) is 3. The maximum Gasteiger partial charge on any atom is 0.181 e. The molecule has 0 saturated heterocycles. The van der Waals surface area contributed by atoms with Crippen LogP contribution >= 0.6 is 23.2 Å². The number of halogens is 2. The van der Waals surface area contributed by atoms with E-state index >= 15 is 0 Å². The summed E-state index contributed by atoms with van der Waals surface area (Å²) in [6, 6.07) is 6.87. The van der Waals surface area contributed by atoms with Crippen molar-refractivity contribution in [3.63, 3.8) is 0 Å². The number of nitrogen functional groups attached to an aromatic ring is 1. The molecule has 17 heavy (non-hydrogen) atoms. The minimum atomic E-state index is 0.279. The average Bonchev–Trinajstić information content (AvgIpc) is 2.59. The molecular weight excluding hydrogens is 261 g/mol. The zero-order valence-corrected chi connectivity index (χ0v) is 10.7. The fourth-order valence-corrected chi connectivity index (χ4v) is 1.66. The van der Waals surface area contributed by atoms with E-state index in [9.17, 15) is 0 Å². The molecule has 0 aliphatic rings. The van der Waals surface area contributed by atoms with Crippen LogP contribution in [0.5, 0.6) is 5.75 Å². The molecule has 4 nitrogen and oxygen atoms in total. The molecule has 0 aliphatic heterocycles. The van der Waals surface area contributed by atoms with Crippen LogP contribution < -0.4 is 10.5 Å². The van der Waals surface area contributed by atoms with Crippen molar-refractivity contribution in [3.05, 3.63) is 40.0 Å². The second kappa shape index (κ2) is 4.85. The van der Waals surface area contributed by atoms with Gasteiger partial charge in [0, 0.05) is 17.8 Å². The topological polar surface area (TPSA) is 53.1 Å². The lowest BCUT2D eigenvalue weighted by Crippen LogP contribution is -2.08. The number of aromatic nitrogens is 2. The Balaban J connectivity index is 2.07. The first kappa shape index (κ1) is 12.1. The minimum Gasteiger partial charge on any atom is -0.471 e. The number of nitrogens with zero attached hydrogens (tertiary/aromatic N) is 2. The molecule has 1 aromatic heterocycles. The van der Waals surface area contributed by atoms with E-state index in [0.29, 0.717) is 21.6 Å². The van der Waals surface area contributed by atoms with Crippen molar-refractivity contribution in [2.75, 3.05) is 5.73 Å². The SMILES string of the molecule is Cc1cc(N)nn1COc1ccc(Cl)c(Cl)c1. The highest BCUT2D eigenvalue weighted by Crippen LogP contribution is 2.26. The Bertz CT molecular complexity index is 540. The summed E-state index contributed by atoms with van der Waals surface area (Å²) >= 11 is 11.7. The maximum atomic E-state index is 5.88. The first-order valence-electron chi connectivity index (χ1n) is 4.94. The molecule has 6 heteroatoms. The van der Waals surface area contributed by atoms with E-state index in [0.717, 1.165) is 5.69 Å². The van der Waals surface area contributed by atoms with Crippen molar-refractivity contribution < 1.29 is 4.74 Å². The highest BCUT2D eigenvalue weighted by molar-refractivity contribution is 6.42. The standard InChI is InChI=1S/C11H11Cl2N3O/c1-7-4-11(14)15-16(7)6-17-8-2-3-9(12)10(13)5-8/h2-5H,6H2,1H3,(H2,14,15). The Kier molecular flexibility index (Phi) is 3.45. The van der Waals surface area contributed by atoms with Crippen LogP contribution in [-0.4, -0.2) is 9.78 Å². The molecule has 0 aliphatic carbocycles. The second-order valence-electron chi connectivity index (χ2n) is 3.56. The Hall–Kier alpha value is -1.39. The third kappa shape index (κ3) is 2.84. The summed E-state index contributed by atoms with van der Waals surface area (Å²) in [6.07, 6.45) is 0. The van der Waals surface area contributed by atoms with Gasteiger partial charge >= 0.3 is 0 Å². The molecule has 90 valence electrons. The van der Waals surface area contributed by atoms with Gasteiger partial charge in [0.25, 0.3) is 0 Å². The van der Waals surface area contributed by atoms with E-state index in [1.54, 1.807) is 28.9 Å². The van der Waals surface area contributed by atoms with Gasteiger partial charge in [-0.3, -0.25) is 0 Å². The zero-order chi connectivity index (χ0) is 12.4. The first-order chi connectivity index (χ1) is 8.06. The molecule has 0 saturated carbocycles. The lowest BCUT2D eigenvalue weighted by Gasteiger charge is -2.08. The number of hydrogen-bond donors (Lipinski definition) is 1. The number of aryl methyl sites for hydroxylation is 1. The van der Waals surface area contributed by atoms with E-state index in [4.69, 9.17) is 33.7 Å². The molecule has 1 heterocycles. The van der Waals surface area contributed by atoms with Crippen LogP contribution in [0.1, 0.15) is 5.69 Å². The Morgan fingerprint density at radius 3 is 2.65 bits per heavy atom. The Morgan fingerprint density at radius 1 is 1.29 bits per heavy atom. The molecule has 0 amide bonds. The summed E-state index contributed by atoms with van der Waals surface area (Å²) in [5.74, 6) is 1.10. The van der Waals surface area contributed by atoms with Crippen LogP contribution in [0, 0.1) is 6.92 Å². The summed E-state index contributed by atoms with van der Waals surface area (Å²) in [5.41, 5.74) is 6.50. The van der Waals surface area contributed by atoms with Gasteiger partial charge in [-0.25, -0.2) is 4.68 Å². The molecule has 2 aromatic rings. The van der Waals surface area contributed by atoms with Crippen molar-refractivity contribution in [2.24, 2.45) is 0 Å². The predicted molar refractivity (Wildman–Crippen MR) is 68.5 cm³/mol. The molecule has 2 N–H and O–H groups in total. The molecule has 0 fully saturated rings. The van der Waals surface area contributed by atoms with Crippen molar-refractivity contribution in [2.45, 2.75) is 13.7 Å². The lowest BCUT2D eigenvalue weighted by molar-refractivity contribution is 0.218. The molecule has 0 unspecified atom stereocenters. The zero-order valence-electron chi connectivity index (χ0n) is 9.15. The minimum absolute atomic E-state index is 0.279. The third-order valence-electron chi connectivity index (χ3n) is 2.24. The van der Waals surface area contributed by atoms with Crippen LogP contribution in [-0.2, 0) is 6.73 Å².